The van der Waals surface area contributed by atoms with Crippen molar-refractivity contribution in [2.75, 3.05) is 13.2 Å². The van der Waals surface area contributed by atoms with E-state index in [1.807, 2.05) is 0 Å². The second-order valence-corrected chi connectivity index (χ2v) is 17.9. The summed E-state index contributed by atoms with van der Waals surface area (Å²) in [5, 5.41) is 0. The Morgan fingerprint density at radius 2 is 1.48 bits per heavy atom. The maximum atomic E-state index is 6.72. The summed E-state index contributed by atoms with van der Waals surface area (Å²) in [6, 6.07) is 0. The number of hydrogen-bond acceptors (Lipinski definition) is 3. The second-order valence-electron chi connectivity index (χ2n) is 12.3. The summed E-state index contributed by atoms with van der Waals surface area (Å²) < 4.78 is 19.4. The van der Waals surface area contributed by atoms with Crippen LogP contribution in [0.1, 0.15) is 93.9 Å². The van der Waals surface area contributed by atoms with Gasteiger partial charge < -0.3 is 14.2 Å². The SMILES string of the molecule is CC(C)[Si](C#C[C@@H]1C[C@]2(C)[C@H](CC[C@@]3(C)[C@H]2CCCC32OCCO2)O1)(C(C)C)C(C)C. The molecule has 4 fully saturated rings. The first-order valence-electron chi connectivity index (χ1n) is 13.0. The van der Waals surface area contributed by atoms with Gasteiger partial charge in [0.2, 0.25) is 0 Å². The van der Waals surface area contributed by atoms with Crippen LogP contribution in [-0.4, -0.2) is 39.3 Å². The quantitative estimate of drug-likeness (QED) is 0.356. The number of fused-ring (bicyclic) bond motifs is 4. The lowest BCUT2D eigenvalue weighted by atomic mass is 9.48. The highest BCUT2D eigenvalue weighted by Gasteiger charge is 2.67. The third kappa shape index (κ3) is 3.40. The summed E-state index contributed by atoms with van der Waals surface area (Å²) >= 11 is 0. The first-order chi connectivity index (χ1) is 14.5. The molecule has 3 nitrogen and oxygen atoms in total. The first kappa shape index (κ1) is 23.8. The molecule has 31 heavy (non-hydrogen) atoms. The van der Waals surface area contributed by atoms with E-state index in [9.17, 15) is 0 Å². The van der Waals surface area contributed by atoms with Gasteiger partial charge in [-0.25, -0.2) is 0 Å². The number of hydrogen-bond donors (Lipinski definition) is 0. The molecule has 2 saturated heterocycles. The Morgan fingerprint density at radius 3 is 2.06 bits per heavy atom. The topological polar surface area (TPSA) is 27.7 Å². The zero-order valence-electron chi connectivity index (χ0n) is 21.3. The van der Waals surface area contributed by atoms with E-state index < -0.39 is 8.07 Å². The summed E-state index contributed by atoms with van der Waals surface area (Å²) in [7, 11) is -1.73. The van der Waals surface area contributed by atoms with E-state index in [0.717, 1.165) is 38.9 Å². The van der Waals surface area contributed by atoms with Gasteiger partial charge in [-0.3, -0.25) is 0 Å². The minimum atomic E-state index is -1.73. The molecule has 4 aliphatic rings. The Kier molecular flexibility index (Phi) is 6.26. The Hall–Kier alpha value is -0.343. The van der Waals surface area contributed by atoms with Crippen LogP contribution in [0.5, 0.6) is 0 Å². The predicted octanol–water partition coefficient (Wildman–Crippen LogP) is 6.71. The van der Waals surface area contributed by atoms with Crippen LogP contribution in [0.2, 0.25) is 16.6 Å². The van der Waals surface area contributed by atoms with Gasteiger partial charge >= 0.3 is 0 Å². The van der Waals surface area contributed by atoms with Gasteiger partial charge in [0.1, 0.15) is 14.2 Å². The molecule has 2 saturated carbocycles. The summed E-state index contributed by atoms with van der Waals surface area (Å²) in [5.74, 6) is 3.97. The van der Waals surface area contributed by atoms with Crippen LogP contribution in [-0.2, 0) is 14.2 Å². The van der Waals surface area contributed by atoms with Gasteiger partial charge in [0, 0.05) is 17.3 Å². The van der Waals surface area contributed by atoms with Crippen LogP contribution in [0.25, 0.3) is 0 Å². The molecule has 5 atom stereocenters. The van der Waals surface area contributed by atoms with E-state index in [1.54, 1.807) is 0 Å². The highest BCUT2D eigenvalue weighted by molar-refractivity contribution is 6.90. The van der Waals surface area contributed by atoms with Crippen LogP contribution in [0, 0.1) is 28.2 Å². The molecular weight excluding hydrogens is 400 g/mol. The second kappa shape index (κ2) is 8.15. The van der Waals surface area contributed by atoms with Crippen molar-refractivity contribution in [2.45, 2.75) is 129 Å². The van der Waals surface area contributed by atoms with Crippen LogP contribution in [0.4, 0.5) is 0 Å². The maximum Gasteiger partial charge on any atom is 0.174 e. The Balaban J connectivity index is 1.61. The summed E-state index contributed by atoms with van der Waals surface area (Å²) in [4.78, 5) is 0. The molecule has 0 unspecified atom stereocenters. The largest absolute Gasteiger partial charge is 0.362 e. The van der Waals surface area contributed by atoms with Crippen LogP contribution >= 0.6 is 0 Å². The lowest BCUT2D eigenvalue weighted by Gasteiger charge is -2.61. The minimum Gasteiger partial charge on any atom is -0.362 e. The van der Waals surface area contributed by atoms with Gasteiger partial charge in [0.15, 0.2) is 5.79 Å². The normalized spacial score (nSPS) is 39.6. The lowest BCUT2D eigenvalue weighted by molar-refractivity contribution is -0.297. The lowest BCUT2D eigenvalue weighted by Crippen LogP contribution is -2.62. The molecule has 1 spiro atoms. The average molecular weight is 447 g/mol. The van der Waals surface area contributed by atoms with E-state index in [2.05, 4.69) is 66.9 Å². The number of ether oxygens (including phenoxy) is 3. The van der Waals surface area contributed by atoms with Crippen LogP contribution < -0.4 is 0 Å². The Bertz CT molecular complexity index is 707. The van der Waals surface area contributed by atoms with Crippen molar-refractivity contribution in [1.29, 1.82) is 0 Å². The van der Waals surface area contributed by atoms with E-state index in [0.29, 0.717) is 28.6 Å². The van der Waals surface area contributed by atoms with E-state index in [1.165, 1.54) is 12.8 Å². The van der Waals surface area contributed by atoms with Crippen LogP contribution in [0.15, 0.2) is 0 Å². The van der Waals surface area contributed by atoms with Crippen molar-refractivity contribution in [3.63, 3.8) is 0 Å². The third-order valence-corrected chi connectivity index (χ3v) is 16.4. The molecule has 0 bridgehead atoms. The molecule has 0 radical (unpaired) electrons. The van der Waals surface area contributed by atoms with Crippen molar-refractivity contribution in [1.82, 2.24) is 0 Å². The van der Waals surface area contributed by atoms with Gasteiger partial charge in [0.25, 0.3) is 0 Å². The molecule has 2 heterocycles. The highest BCUT2D eigenvalue weighted by atomic mass is 28.3. The monoisotopic (exact) mass is 446 g/mol. The predicted molar refractivity (Wildman–Crippen MR) is 130 cm³/mol. The van der Waals surface area contributed by atoms with Crippen molar-refractivity contribution in [3.8, 4) is 11.5 Å². The van der Waals surface area contributed by atoms with E-state index >= 15 is 0 Å². The van der Waals surface area contributed by atoms with Crippen LogP contribution in [0.3, 0.4) is 0 Å². The fraction of sp³-hybridized carbons (Fsp3) is 0.926. The van der Waals surface area contributed by atoms with Crippen molar-refractivity contribution in [2.24, 2.45) is 16.7 Å². The van der Waals surface area contributed by atoms with Crippen molar-refractivity contribution in [3.05, 3.63) is 0 Å². The van der Waals surface area contributed by atoms with E-state index in [4.69, 9.17) is 14.2 Å². The molecule has 2 aliphatic carbocycles. The summed E-state index contributed by atoms with van der Waals surface area (Å²) in [5.41, 5.74) is 6.20. The molecule has 0 aromatic carbocycles. The zero-order chi connectivity index (χ0) is 22.7. The molecule has 0 aromatic rings. The van der Waals surface area contributed by atoms with Crippen molar-refractivity contribution >= 4 is 8.07 Å². The molecular formula is C27H46O3Si. The Labute approximate surface area is 192 Å². The summed E-state index contributed by atoms with van der Waals surface area (Å²) in [6.07, 6.45) is 7.25. The maximum absolute atomic E-state index is 6.72. The standard InChI is InChI=1S/C27H46O3Si/c1-19(2)31(20(3)4,21(5)6)17-12-22-18-25(7)23-10-9-13-27(28-15-16-29-27)26(23,8)14-11-24(25)30-22/h19-24H,9-11,13-16,18H2,1-8H3/t22-,23+,24+,25+,26+/m1/s1. The molecule has 0 aromatic heterocycles. The van der Waals surface area contributed by atoms with Gasteiger partial charge in [-0.05, 0) is 54.6 Å². The fourth-order valence-electron chi connectivity index (χ4n) is 8.61. The highest BCUT2D eigenvalue weighted by Crippen LogP contribution is 2.66. The molecule has 4 rings (SSSR count). The zero-order valence-corrected chi connectivity index (χ0v) is 22.3. The third-order valence-electron chi connectivity index (χ3n) is 10.1. The molecule has 2 aliphatic heterocycles. The minimum absolute atomic E-state index is 0.0868. The number of rotatable bonds is 3. The smallest absolute Gasteiger partial charge is 0.174 e. The van der Waals surface area contributed by atoms with Gasteiger partial charge in [-0.1, -0.05) is 61.3 Å². The fourth-order valence-corrected chi connectivity index (χ4v) is 13.9. The van der Waals surface area contributed by atoms with Gasteiger partial charge in [-0.15, -0.1) is 5.54 Å². The summed E-state index contributed by atoms with van der Waals surface area (Å²) in [6.45, 7) is 20.8. The van der Waals surface area contributed by atoms with E-state index in [-0.39, 0.29) is 22.7 Å². The molecule has 176 valence electrons. The molecule has 0 amide bonds. The molecule has 0 N–H and O–H groups in total. The van der Waals surface area contributed by atoms with Gasteiger partial charge in [0.05, 0.1) is 19.3 Å². The Morgan fingerprint density at radius 1 is 0.871 bits per heavy atom. The van der Waals surface area contributed by atoms with Gasteiger partial charge in [-0.2, -0.15) is 0 Å². The first-order valence-corrected chi connectivity index (χ1v) is 15.2. The average Bonchev–Trinajstić information content (AvgIpc) is 3.28. The van der Waals surface area contributed by atoms with Crippen molar-refractivity contribution < 1.29 is 14.2 Å². The molecule has 4 heteroatoms.